The number of rotatable bonds is 13. The minimum atomic E-state index is 0.169. The maximum atomic E-state index is 5.98. The number of para-hydroxylation sites is 2. The van der Waals surface area contributed by atoms with E-state index in [1.807, 2.05) is 0 Å². The molecule has 1 atom stereocenters. The summed E-state index contributed by atoms with van der Waals surface area (Å²) in [4.78, 5) is 0. The van der Waals surface area contributed by atoms with Crippen molar-refractivity contribution in [3.8, 4) is 0 Å². The zero-order valence-electron chi connectivity index (χ0n) is 19.6. The summed E-state index contributed by atoms with van der Waals surface area (Å²) >= 11 is 0. The molecule has 3 aromatic rings. The number of ether oxygens (including phenoxy) is 2. The maximum absolute atomic E-state index is 5.98. The van der Waals surface area contributed by atoms with Gasteiger partial charge in [0.2, 0.25) is 0 Å². The normalized spacial score (nSPS) is 11.8. The first kappa shape index (κ1) is 23.8. The minimum absolute atomic E-state index is 0.169. The smallest absolute Gasteiger partial charge is 0.0671 e. The molecule has 0 unspecified atom stereocenters. The molecule has 4 heteroatoms. The van der Waals surface area contributed by atoms with Crippen LogP contribution in [-0.2, 0) is 22.4 Å². The number of anilines is 2. The van der Waals surface area contributed by atoms with E-state index >= 15 is 0 Å². The SMILES string of the molecule is COCCCOC[C@H](Cc1ccc(C)cc1)Nc1ccccc1NCc1ccc(C)cc1. The van der Waals surface area contributed by atoms with Gasteiger partial charge in [0.25, 0.3) is 0 Å². The van der Waals surface area contributed by atoms with E-state index in [0.29, 0.717) is 13.2 Å². The molecule has 0 saturated carbocycles. The Bertz CT molecular complexity index is 923. The van der Waals surface area contributed by atoms with Gasteiger partial charge in [-0.2, -0.15) is 0 Å². The highest BCUT2D eigenvalue weighted by atomic mass is 16.5. The molecule has 0 amide bonds. The summed E-state index contributed by atoms with van der Waals surface area (Å²) < 4.78 is 11.1. The third kappa shape index (κ3) is 8.03. The summed E-state index contributed by atoms with van der Waals surface area (Å²) in [7, 11) is 1.72. The lowest BCUT2D eigenvalue weighted by atomic mass is 10.0. The third-order valence-electron chi connectivity index (χ3n) is 5.45. The molecule has 0 spiro atoms. The number of hydrogen-bond acceptors (Lipinski definition) is 4. The molecule has 0 saturated heterocycles. The summed E-state index contributed by atoms with van der Waals surface area (Å²) in [6.45, 7) is 7.09. The van der Waals surface area contributed by atoms with E-state index in [-0.39, 0.29) is 6.04 Å². The zero-order valence-corrected chi connectivity index (χ0v) is 19.6. The Hall–Kier alpha value is -2.82. The highest BCUT2D eigenvalue weighted by molar-refractivity contribution is 5.69. The molecule has 0 aliphatic carbocycles. The van der Waals surface area contributed by atoms with Crippen LogP contribution in [0.4, 0.5) is 11.4 Å². The van der Waals surface area contributed by atoms with Gasteiger partial charge in [-0.15, -0.1) is 0 Å². The summed E-state index contributed by atoms with van der Waals surface area (Å²) in [5, 5.41) is 7.32. The number of aryl methyl sites for hydroxylation is 2. The van der Waals surface area contributed by atoms with Crippen LogP contribution >= 0.6 is 0 Å². The van der Waals surface area contributed by atoms with Crippen molar-refractivity contribution in [3.63, 3.8) is 0 Å². The first-order valence-corrected chi connectivity index (χ1v) is 11.4. The molecule has 0 heterocycles. The van der Waals surface area contributed by atoms with Gasteiger partial charge in [-0.3, -0.25) is 0 Å². The van der Waals surface area contributed by atoms with Gasteiger partial charge in [-0.25, -0.2) is 0 Å². The predicted molar refractivity (Wildman–Crippen MR) is 135 cm³/mol. The summed E-state index contributed by atoms with van der Waals surface area (Å²) in [6, 6.07) is 26.0. The molecule has 4 nitrogen and oxygen atoms in total. The summed E-state index contributed by atoms with van der Waals surface area (Å²) in [6.07, 6.45) is 1.80. The van der Waals surface area contributed by atoms with E-state index < -0.39 is 0 Å². The molecule has 2 N–H and O–H groups in total. The average Bonchev–Trinajstić information content (AvgIpc) is 2.81. The van der Waals surface area contributed by atoms with Gasteiger partial charge >= 0.3 is 0 Å². The number of nitrogens with one attached hydrogen (secondary N) is 2. The van der Waals surface area contributed by atoms with Crippen LogP contribution in [0.15, 0.2) is 72.8 Å². The van der Waals surface area contributed by atoms with Gasteiger partial charge in [0.1, 0.15) is 0 Å². The van der Waals surface area contributed by atoms with Crippen LogP contribution in [0.2, 0.25) is 0 Å². The lowest BCUT2D eigenvalue weighted by Gasteiger charge is -2.23. The third-order valence-corrected chi connectivity index (χ3v) is 5.45. The van der Waals surface area contributed by atoms with Crippen molar-refractivity contribution in [2.24, 2.45) is 0 Å². The van der Waals surface area contributed by atoms with Crippen LogP contribution in [0.1, 0.15) is 28.7 Å². The first-order valence-electron chi connectivity index (χ1n) is 11.4. The van der Waals surface area contributed by atoms with Crippen molar-refractivity contribution in [1.82, 2.24) is 0 Å². The molecule has 0 aromatic heterocycles. The summed E-state index contributed by atoms with van der Waals surface area (Å²) in [5.74, 6) is 0. The largest absolute Gasteiger partial charge is 0.385 e. The second-order valence-corrected chi connectivity index (χ2v) is 8.34. The van der Waals surface area contributed by atoms with Crippen LogP contribution in [-0.4, -0.2) is 33.0 Å². The molecule has 0 fully saturated rings. The van der Waals surface area contributed by atoms with Crippen molar-refractivity contribution in [3.05, 3.63) is 95.1 Å². The Kier molecular flexibility index (Phi) is 9.60. The highest BCUT2D eigenvalue weighted by Gasteiger charge is 2.13. The van der Waals surface area contributed by atoms with E-state index in [1.165, 1.54) is 22.3 Å². The molecule has 3 rings (SSSR count). The van der Waals surface area contributed by atoms with Crippen LogP contribution in [0.3, 0.4) is 0 Å². The molecular formula is C28H36N2O2. The van der Waals surface area contributed by atoms with Gasteiger partial charge in [-0.05, 0) is 49.9 Å². The molecule has 0 bridgehead atoms. The fourth-order valence-corrected chi connectivity index (χ4v) is 3.58. The number of hydrogen-bond donors (Lipinski definition) is 2. The lowest BCUT2D eigenvalue weighted by molar-refractivity contribution is 0.0968. The number of methoxy groups -OCH3 is 1. The zero-order chi connectivity index (χ0) is 22.6. The van der Waals surface area contributed by atoms with Crippen LogP contribution in [0.5, 0.6) is 0 Å². The molecule has 0 radical (unpaired) electrons. The van der Waals surface area contributed by atoms with Crippen LogP contribution in [0, 0.1) is 13.8 Å². The number of benzene rings is 3. The van der Waals surface area contributed by atoms with Crippen molar-refractivity contribution in [2.45, 2.75) is 39.3 Å². The monoisotopic (exact) mass is 432 g/mol. The Morgan fingerprint density at radius 1 is 0.750 bits per heavy atom. The van der Waals surface area contributed by atoms with E-state index in [4.69, 9.17) is 9.47 Å². The van der Waals surface area contributed by atoms with Crippen molar-refractivity contribution >= 4 is 11.4 Å². The molecule has 32 heavy (non-hydrogen) atoms. The molecule has 3 aromatic carbocycles. The van der Waals surface area contributed by atoms with Crippen LogP contribution in [0.25, 0.3) is 0 Å². The highest BCUT2D eigenvalue weighted by Crippen LogP contribution is 2.24. The maximum Gasteiger partial charge on any atom is 0.0671 e. The van der Waals surface area contributed by atoms with Crippen molar-refractivity contribution in [1.29, 1.82) is 0 Å². The Balaban J connectivity index is 1.66. The second-order valence-electron chi connectivity index (χ2n) is 8.34. The first-order chi connectivity index (χ1) is 15.6. The molecule has 170 valence electrons. The van der Waals surface area contributed by atoms with E-state index in [1.54, 1.807) is 7.11 Å². The second kappa shape index (κ2) is 12.9. The van der Waals surface area contributed by atoms with Crippen LogP contribution < -0.4 is 10.6 Å². The van der Waals surface area contributed by atoms with E-state index in [9.17, 15) is 0 Å². The van der Waals surface area contributed by atoms with Gasteiger partial charge in [-0.1, -0.05) is 71.8 Å². The molecule has 0 aliphatic heterocycles. The molecular weight excluding hydrogens is 396 g/mol. The fraction of sp³-hybridized carbons (Fsp3) is 0.357. The van der Waals surface area contributed by atoms with E-state index in [0.717, 1.165) is 37.4 Å². The quantitative estimate of drug-likeness (QED) is 0.326. The minimum Gasteiger partial charge on any atom is -0.385 e. The average molecular weight is 433 g/mol. The predicted octanol–water partition coefficient (Wildman–Crippen LogP) is 5.99. The Morgan fingerprint density at radius 2 is 1.38 bits per heavy atom. The lowest BCUT2D eigenvalue weighted by Crippen LogP contribution is -2.29. The van der Waals surface area contributed by atoms with Gasteiger partial charge in [0.05, 0.1) is 24.0 Å². The van der Waals surface area contributed by atoms with Crippen molar-refractivity contribution in [2.75, 3.05) is 37.6 Å². The van der Waals surface area contributed by atoms with Gasteiger partial charge in [0, 0.05) is 26.9 Å². The van der Waals surface area contributed by atoms with Crippen molar-refractivity contribution < 1.29 is 9.47 Å². The Morgan fingerprint density at radius 3 is 2.03 bits per heavy atom. The standard InChI is InChI=1S/C28H36N2O2/c1-22-9-13-24(14-10-22)19-26(21-32-18-6-17-31-3)30-28-8-5-4-7-27(28)29-20-25-15-11-23(2)12-16-25/h4-5,7-16,26,29-30H,6,17-21H2,1-3H3/t26-/m0/s1. The van der Waals surface area contributed by atoms with E-state index in [2.05, 4.69) is 97.3 Å². The summed E-state index contributed by atoms with van der Waals surface area (Å²) in [5.41, 5.74) is 7.32. The molecule has 0 aliphatic rings. The van der Waals surface area contributed by atoms with Gasteiger partial charge in [0.15, 0.2) is 0 Å². The fourth-order valence-electron chi connectivity index (χ4n) is 3.58. The topological polar surface area (TPSA) is 42.5 Å². The Labute approximate surface area is 193 Å². The van der Waals surface area contributed by atoms with Gasteiger partial charge < -0.3 is 20.1 Å².